The van der Waals surface area contributed by atoms with Crippen LogP contribution in [0.1, 0.15) is 42.7 Å². The molecule has 1 N–H and O–H groups in total. The molecule has 4 rings (SSSR count). The molecular formula is C20H23N. The second-order valence-corrected chi connectivity index (χ2v) is 6.74. The van der Waals surface area contributed by atoms with Crippen LogP contribution in [-0.4, -0.2) is 12.6 Å². The molecular weight excluding hydrogens is 254 g/mol. The van der Waals surface area contributed by atoms with E-state index >= 15 is 0 Å². The fourth-order valence-corrected chi connectivity index (χ4v) is 3.78. The van der Waals surface area contributed by atoms with Gasteiger partial charge in [0.05, 0.1) is 0 Å². The Bertz CT molecular complexity index is 586. The Hall–Kier alpha value is -1.60. The Morgan fingerprint density at radius 2 is 1.57 bits per heavy atom. The van der Waals surface area contributed by atoms with Crippen molar-refractivity contribution in [3.8, 4) is 0 Å². The van der Waals surface area contributed by atoms with Crippen LogP contribution in [0.15, 0.2) is 60.7 Å². The van der Waals surface area contributed by atoms with Crippen molar-refractivity contribution in [2.75, 3.05) is 6.54 Å². The predicted molar refractivity (Wildman–Crippen MR) is 87.6 cm³/mol. The minimum Gasteiger partial charge on any atom is -0.312 e. The minimum absolute atomic E-state index is 0.408. The average Bonchev–Trinajstić information content (AvgIpc) is 3.28. The molecule has 0 aromatic heterocycles. The fourth-order valence-electron chi connectivity index (χ4n) is 3.78. The second-order valence-electron chi connectivity index (χ2n) is 6.74. The molecule has 2 aromatic carbocycles. The Labute approximate surface area is 127 Å². The quantitative estimate of drug-likeness (QED) is 0.861. The van der Waals surface area contributed by atoms with E-state index in [1.807, 2.05) is 0 Å². The van der Waals surface area contributed by atoms with Crippen LogP contribution in [0.2, 0.25) is 0 Å². The molecule has 2 aromatic rings. The fraction of sp³-hybridized carbons (Fsp3) is 0.400. The first-order valence-electron chi connectivity index (χ1n) is 8.21. The van der Waals surface area contributed by atoms with E-state index in [0.29, 0.717) is 11.5 Å². The van der Waals surface area contributed by atoms with E-state index in [0.717, 1.165) is 12.5 Å². The molecule has 1 heteroatoms. The molecule has 2 fully saturated rings. The highest BCUT2D eigenvalue weighted by Gasteiger charge is 2.43. The molecule has 0 heterocycles. The van der Waals surface area contributed by atoms with Crippen molar-refractivity contribution in [1.29, 1.82) is 0 Å². The zero-order chi connectivity index (χ0) is 14.1. The maximum atomic E-state index is 3.85. The van der Waals surface area contributed by atoms with E-state index in [4.69, 9.17) is 0 Å². The van der Waals surface area contributed by atoms with Crippen molar-refractivity contribution in [3.05, 3.63) is 71.8 Å². The van der Waals surface area contributed by atoms with Crippen molar-refractivity contribution in [2.24, 2.45) is 0 Å². The molecule has 2 saturated carbocycles. The standard InChI is InChI=1S/C20H23N/c1-3-8-16(9-4-1)18-14-19(18)21-15-20(12-7-13-20)17-10-5-2-6-11-17/h1-6,8-11,18-19,21H,7,12-15H2. The van der Waals surface area contributed by atoms with Crippen LogP contribution in [0.25, 0.3) is 0 Å². The lowest BCUT2D eigenvalue weighted by Gasteiger charge is -2.43. The summed E-state index contributed by atoms with van der Waals surface area (Å²) in [5.74, 6) is 0.735. The Balaban J connectivity index is 1.39. The lowest BCUT2D eigenvalue weighted by atomic mass is 9.64. The molecule has 21 heavy (non-hydrogen) atoms. The highest BCUT2D eigenvalue weighted by atomic mass is 15.0. The van der Waals surface area contributed by atoms with Gasteiger partial charge < -0.3 is 5.32 Å². The summed E-state index contributed by atoms with van der Waals surface area (Å²) in [6.07, 6.45) is 5.36. The molecule has 2 aliphatic carbocycles. The lowest BCUT2D eigenvalue weighted by Crippen LogP contribution is -2.44. The Morgan fingerprint density at radius 3 is 2.19 bits per heavy atom. The number of hydrogen-bond donors (Lipinski definition) is 1. The van der Waals surface area contributed by atoms with Crippen molar-refractivity contribution < 1.29 is 0 Å². The van der Waals surface area contributed by atoms with E-state index in [-0.39, 0.29) is 0 Å². The van der Waals surface area contributed by atoms with E-state index in [1.54, 1.807) is 0 Å². The Kier molecular flexibility index (Phi) is 3.31. The zero-order valence-electron chi connectivity index (χ0n) is 12.5. The van der Waals surface area contributed by atoms with Gasteiger partial charge in [-0.1, -0.05) is 67.1 Å². The van der Waals surface area contributed by atoms with Gasteiger partial charge in [0, 0.05) is 23.9 Å². The number of rotatable bonds is 5. The minimum atomic E-state index is 0.408. The molecule has 2 aliphatic rings. The van der Waals surface area contributed by atoms with Crippen LogP contribution in [-0.2, 0) is 5.41 Å². The van der Waals surface area contributed by atoms with Gasteiger partial charge in [-0.15, -0.1) is 0 Å². The van der Waals surface area contributed by atoms with Crippen LogP contribution < -0.4 is 5.32 Å². The molecule has 108 valence electrons. The summed E-state index contributed by atoms with van der Waals surface area (Å²) in [5.41, 5.74) is 3.43. The van der Waals surface area contributed by atoms with Gasteiger partial charge in [-0.05, 0) is 30.4 Å². The molecule has 0 spiro atoms. The van der Waals surface area contributed by atoms with E-state index in [2.05, 4.69) is 66.0 Å². The van der Waals surface area contributed by atoms with Crippen LogP contribution in [0.4, 0.5) is 0 Å². The van der Waals surface area contributed by atoms with Crippen molar-refractivity contribution in [1.82, 2.24) is 5.32 Å². The largest absolute Gasteiger partial charge is 0.312 e. The smallest absolute Gasteiger partial charge is 0.0143 e. The molecule has 2 atom stereocenters. The highest BCUT2D eigenvalue weighted by molar-refractivity contribution is 5.30. The summed E-state index contributed by atoms with van der Waals surface area (Å²) < 4.78 is 0. The van der Waals surface area contributed by atoms with E-state index in [9.17, 15) is 0 Å². The lowest BCUT2D eigenvalue weighted by molar-refractivity contribution is 0.232. The van der Waals surface area contributed by atoms with Gasteiger partial charge >= 0.3 is 0 Å². The third-order valence-corrected chi connectivity index (χ3v) is 5.42. The van der Waals surface area contributed by atoms with Crippen LogP contribution >= 0.6 is 0 Å². The van der Waals surface area contributed by atoms with Crippen LogP contribution in [0.5, 0.6) is 0 Å². The zero-order valence-corrected chi connectivity index (χ0v) is 12.5. The molecule has 0 saturated heterocycles. The Morgan fingerprint density at radius 1 is 0.905 bits per heavy atom. The molecule has 2 unspecified atom stereocenters. The van der Waals surface area contributed by atoms with Gasteiger partial charge in [0.1, 0.15) is 0 Å². The highest BCUT2D eigenvalue weighted by Crippen LogP contribution is 2.45. The summed E-state index contributed by atoms with van der Waals surface area (Å²) in [6.45, 7) is 1.14. The SMILES string of the molecule is c1ccc(C2CC2NCC2(c3ccccc3)CCC2)cc1. The molecule has 1 nitrogen and oxygen atoms in total. The van der Waals surface area contributed by atoms with Gasteiger partial charge in [0.15, 0.2) is 0 Å². The normalized spacial score (nSPS) is 26.1. The summed E-state index contributed by atoms with van der Waals surface area (Å²) >= 11 is 0. The first kappa shape index (κ1) is 13.1. The molecule has 0 radical (unpaired) electrons. The topological polar surface area (TPSA) is 12.0 Å². The van der Waals surface area contributed by atoms with E-state index in [1.165, 1.54) is 36.8 Å². The average molecular weight is 277 g/mol. The van der Waals surface area contributed by atoms with Gasteiger partial charge in [0.25, 0.3) is 0 Å². The van der Waals surface area contributed by atoms with Gasteiger partial charge in [-0.25, -0.2) is 0 Å². The number of nitrogens with one attached hydrogen (secondary N) is 1. The third kappa shape index (κ3) is 2.51. The summed E-state index contributed by atoms with van der Waals surface area (Å²) in [7, 11) is 0. The van der Waals surface area contributed by atoms with Crippen molar-refractivity contribution >= 4 is 0 Å². The second kappa shape index (κ2) is 5.31. The van der Waals surface area contributed by atoms with Crippen LogP contribution in [0, 0.1) is 0 Å². The van der Waals surface area contributed by atoms with E-state index < -0.39 is 0 Å². The maximum absolute atomic E-state index is 3.85. The summed E-state index contributed by atoms with van der Waals surface area (Å²) in [4.78, 5) is 0. The third-order valence-electron chi connectivity index (χ3n) is 5.42. The summed E-state index contributed by atoms with van der Waals surface area (Å²) in [5, 5.41) is 3.85. The predicted octanol–water partition coefficient (Wildman–Crippen LogP) is 4.25. The first-order chi connectivity index (χ1) is 10.4. The van der Waals surface area contributed by atoms with Crippen molar-refractivity contribution in [2.45, 2.75) is 43.1 Å². The number of benzene rings is 2. The number of hydrogen-bond acceptors (Lipinski definition) is 1. The van der Waals surface area contributed by atoms with Crippen molar-refractivity contribution in [3.63, 3.8) is 0 Å². The summed E-state index contributed by atoms with van der Waals surface area (Å²) in [6, 6.07) is 22.7. The molecule has 0 aliphatic heterocycles. The van der Waals surface area contributed by atoms with Crippen LogP contribution in [0.3, 0.4) is 0 Å². The molecule has 0 bridgehead atoms. The monoisotopic (exact) mass is 277 g/mol. The first-order valence-corrected chi connectivity index (χ1v) is 8.21. The van der Waals surface area contributed by atoms with Gasteiger partial charge in [-0.2, -0.15) is 0 Å². The van der Waals surface area contributed by atoms with Gasteiger partial charge in [-0.3, -0.25) is 0 Å². The van der Waals surface area contributed by atoms with Gasteiger partial charge in [0.2, 0.25) is 0 Å². The maximum Gasteiger partial charge on any atom is 0.0143 e. The molecule has 0 amide bonds.